The lowest BCUT2D eigenvalue weighted by Crippen LogP contribution is -2.42. The molecule has 1 aliphatic rings. The first-order chi connectivity index (χ1) is 9.10. The van der Waals surface area contributed by atoms with Gasteiger partial charge in [0.25, 0.3) is 0 Å². The third-order valence-electron chi connectivity index (χ3n) is 3.57. The first kappa shape index (κ1) is 14.2. The first-order valence-electron chi connectivity index (χ1n) is 6.38. The topological polar surface area (TPSA) is 49.8 Å². The van der Waals surface area contributed by atoms with E-state index in [1.165, 1.54) is 12.0 Å². The SMILES string of the molecule is CCC(OC)N(C(=O)O)[C@@H]1C[C@@H]1c1ccccc1Cl. The van der Waals surface area contributed by atoms with Gasteiger partial charge in [0.1, 0.15) is 6.23 Å². The van der Waals surface area contributed by atoms with Gasteiger partial charge in [-0.2, -0.15) is 0 Å². The zero-order chi connectivity index (χ0) is 14.0. The molecule has 1 fully saturated rings. The number of methoxy groups -OCH3 is 1. The van der Waals surface area contributed by atoms with Crippen LogP contribution in [-0.4, -0.2) is 35.5 Å². The molecule has 19 heavy (non-hydrogen) atoms. The van der Waals surface area contributed by atoms with Crippen LogP contribution in [-0.2, 0) is 4.74 Å². The Kier molecular flexibility index (Phi) is 4.32. The normalized spacial score (nSPS) is 22.9. The van der Waals surface area contributed by atoms with Gasteiger partial charge in [-0.1, -0.05) is 36.7 Å². The van der Waals surface area contributed by atoms with Crippen molar-refractivity contribution >= 4 is 17.7 Å². The zero-order valence-electron chi connectivity index (χ0n) is 11.0. The van der Waals surface area contributed by atoms with Crippen molar-refractivity contribution in [3.8, 4) is 0 Å². The number of carbonyl (C=O) groups is 1. The number of benzene rings is 1. The summed E-state index contributed by atoms with van der Waals surface area (Å²) >= 11 is 6.16. The molecule has 1 saturated carbocycles. The van der Waals surface area contributed by atoms with E-state index in [-0.39, 0.29) is 12.0 Å². The summed E-state index contributed by atoms with van der Waals surface area (Å²) in [5.74, 6) is 0.175. The minimum atomic E-state index is -0.937. The lowest BCUT2D eigenvalue weighted by atomic mass is 10.1. The molecular weight excluding hydrogens is 266 g/mol. The maximum Gasteiger partial charge on any atom is 0.409 e. The molecule has 0 radical (unpaired) electrons. The molecular formula is C14H18ClNO3. The standard InChI is InChI=1S/C14H18ClNO3/c1-3-13(19-2)16(14(17)18)12-8-10(12)9-6-4-5-7-11(9)15/h4-7,10,12-13H,3,8H2,1-2H3,(H,17,18)/t10-,12-,13?/m1/s1. The van der Waals surface area contributed by atoms with E-state index in [1.54, 1.807) is 0 Å². The van der Waals surface area contributed by atoms with Crippen molar-refractivity contribution < 1.29 is 14.6 Å². The van der Waals surface area contributed by atoms with Gasteiger partial charge in [0.2, 0.25) is 0 Å². The monoisotopic (exact) mass is 283 g/mol. The van der Waals surface area contributed by atoms with Gasteiger partial charge in [0.05, 0.1) is 0 Å². The van der Waals surface area contributed by atoms with Crippen LogP contribution in [0, 0.1) is 0 Å². The third kappa shape index (κ3) is 2.85. The smallest absolute Gasteiger partial charge is 0.409 e. The average Bonchev–Trinajstić information content (AvgIpc) is 3.15. The average molecular weight is 284 g/mol. The van der Waals surface area contributed by atoms with Crippen LogP contribution in [0.15, 0.2) is 24.3 Å². The van der Waals surface area contributed by atoms with Crippen LogP contribution in [0.1, 0.15) is 31.2 Å². The van der Waals surface area contributed by atoms with Gasteiger partial charge in [-0.25, -0.2) is 4.79 Å². The molecule has 1 aliphatic carbocycles. The van der Waals surface area contributed by atoms with Crippen molar-refractivity contribution in [2.24, 2.45) is 0 Å². The van der Waals surface area contributed by atoms with Crippen molar-refractivity contribution in [3.63, 3.8) is 0 Å². The van der Waals surface area contributed by atoms with Gasteiger partial charge < -0.3 is 9.84 Å². The summed E-state index contributed by atoms with van der Waals surface area (Å²) < 4.78 is 5.25. The Hall–Kier alpha value is -1.26. The third-order valence-corrected chi connectivity index (χ3v) is 3.92. The van der Waals surface area contributed by atoms with E-state index in [4.69, 9.17) is 16.3 Å². The van der Waals surface area contributed by atoms with Crippen LogP contribution in [0.4, 0.5) is 4.79 Å². The molecule has 1 N–H and O–H groups in total. The highest BCUT2D eigenvalue weighted by Crippen LogP contribution is 2.47. The Labute approximate surface area is 117 Å². The Bertz CT molecular complexity index is 462. The molecule has 5 heteroatoms. The highest BCUT2D eigenvalue weighted by atomic mass is 35.5. The van der Waals surface area contributed by atoms with Gasteiger partial charge in [0.15, 0.2) is 0 Å². The number of halogens is 1. The molecule has 0 heterocycles. The number of nitrogens with zero attached hydrogens (tertiary/aromatic N) is 1. The molecule has 1 unspecified atom stereocenters. The lowest BCUT2D eigenvalue weighted by molar-refractivity contribution is -0.0280. The number of ether oxygens (including phenoxy) is 1. The van der Waals surface area contributed by atoms with Gasteiger partial charge in [-0.05, 0) is 24.5 Å². The minimum Gasteiger partial charge on any atom is -0.465 e. The van der Waals surface area contributed by atoms with Crippen LogP contribution in [0.3, 0.4) is 0 Å². The van der Waals surface area contributed by atoms with Crippen molar-refractivity contribution in [3.05, 3.63) is 34.9 Å². The van der Waals surface area contributed by atoms with Crippen molar-refractivity contribution in [2.45, 2.75) is 38.0 Å². The van der Waals surface area contributed by atoms with Crippen LogP contribution < -0.4 is 0 Å². The number of rotatable bonds is 5. The maximum atomic E-state index is 11.4. The van der Waals surface area contributed by atoms with Gasteiger partial charge in [0, 0.05) is 24.1 Å². The number of amides is 1. The molecule has 1 aromatic carbocycles. The molecule has 3 atom stereocenters. The number of carboxylic acid groups (broad SMARTS) is 1. The summed E-state index contributed by atoms with van der Waals surface area (Å²) in [7, 11) is 1.54. The van der Waals surface area contributed by atoms with E-state index in [2.05, 4.69) is 0 Å². The Balaban J connectivity index is 2.15. The second-order valence-electron chi connectivity index (χ2n) is 4.72. The lowest BCUT2D eigenvalue weighted by Gasteiger charge is -2.27. The van der Waals surface area contributed by atoms with Crippen LogP contribution >= 0.6 is 11.6 Å². The van der Waals surface area contributed by atoms with Crippen LogP contribution in [0.2, 0.25) is 5.02 Å². The summed E-state index contributed by atoms with van der Waals surface area (Å²) in [6.07, 6.45) is 0.105. The van der Waals surface area contributed by atoms with Crippen molar-refractivity contribution in [1.29, 1.82) is 0 Å². The molecule has 1 aromatic rings. The van der Waals surface area contributed by atoms with E-state index in [0.717, 1.165) is 12.0 Å². The fourth-order valence-electron chi connectivity index (χ4n) is 2.55. The van der Waals surface area contributed by atoms with Crippen molar-refractivity contribution in [1.82, 2.24) is 4.90 Å². The Morgan fingerprint density at radius 2 is 2.26 bits per heavy atom. The highest BCUT2D eigenvalue weighted by molar-refractivity contribution is 6.31. The fourth-order valence-corrected chi connectivity index (χ4v) is 2.83. The quantitative estimate of drug-likeness (QED) is 0.841. The number of hydrogen-bond donors (Lipinski definition) is 1. The molecule has 0 saturated heterocycles. The predicted octanol–water partition coefficient (Wildman–Crippen LogP) is 3.56. The largest absolute Gasteiger partial charge is 0.465 e. The van der Waals surface area contributed by atoms with E-state index in [9.17, 15) is 9.90 Å². The number of hydrogen-bond acceptors (Lipinski definition) is 2. The minimum absolute atomic E-state index is 0.0395. The van der Waals surface area contributed by atoms with Crippen molar-refractivity contribution in [2.75, 3.05) is 7.11 Å². The van der Waals surface area contributed by atoms with E-state index in [1.807, 2.05) is 31.2 Å². The molecule has 0 bridgehead atoms. The zero-order valence-corrected chi connectivity index (χ0v) is 11.8. The van der Waals surface area contributed by atoms with E-state index in [0.29, 0.717) is 11.4 Å². The Morgan fingerprint density at radius 3 is 2.79 bits per heavy atom. The maximum absolute atomic E-state index is 11.4. The summed E-state index contributed by atoms with van der Waals surface area (Å²) in [4.78, 5) is 12.8. The van der Waals surface area contributed by atoms with E-state index >= 15 is 0 Å². The molecule has 0 spiro atoms. The van der Waals surface area contributed by atoms with Gasteiger partial charge >= 0.3 is 6.09 Å². The molecule has 0 aliphatic heterocycles. The summed E-state index contributed by atoms with van der Waals surface area (Å²) in [5, 5.41) is 10.1. The molecule has 1 amide bonds. The van der Waals surface area contributed by atoms with Crippen LogP contribution in [0.25, 0.3) is 0 Å². The molecule has 4 nitrogen and oxygen atoms in total. The molecule has 2 rings (SSSR count). The Morgan fingerprint density at radius 1 is 1.58 bits per heavy atom. The van der Waals surface area contributed by atoms with Gasteiger partial charge in [-0.15, -0.1) is 0 Å². The summed E-state index contributed by atoms with van der Waals surface area (Å²) in [5.41, 5.74) is 1.02. The molecule has 104 valence electrons. The summed E-state index contributed by atoms with van der Waals surface area (Å²) in [6.45, 7) is 1.91. The summed E-state index contributed by atoms with van der Waals surface area (Å²) in [6, 6.07) is 7.56. The second-order valence-corrected chi connectivity index (χ2v) is 5.13. The first-order valence-corrected chi connectivity index (χ1v) is 6.76. The highest BCUT2D eigenvalue weighted by Gasteiger charge is 2.48. The fraction of sp³-hybridized carbons (Fsp3) is 0.500. The van der Waals surface area contributed by atoms with Gasteiger partial charge in [-0.3, -0.25) is 4.90 Å². The second kappa shape index (κ2) is 5.80. The van der Waals surface area contributed by atoms with E-state index < -0.39 is 12.3 Å². The predicted molar refractivity (Wildman–Crippen MR) is 73.5 cm³/mol. The van der Waals surface area contributed by atoms with Crippen LogP contribution in [0.5, 0.6) is 0 Å². The molecule has 0 aromatic heterocycles.